The highest BCUT2D eigenvalue weighted by Crippen LogP contribution is 2.35. The number of carbonyl (C=O) groups excluding carboxylic acids is 2. The third-order valence-corrected chi connectivity index (χ3v) is 6.35. The first kappa shape index (κ1) is 21.0. The van der Waals surface area contributed by atoms with E-state index in [-0.39, 0.29) is 41.5 Å². The summed E-state index contributed by atoms with van der Waals surface area (Å²) in [5.41, 5.74) is 1.49. The molecule has 168 valence electrons. The SMILES string of the molecule is O=C(Nc1ccc2n(c1=O)C[C@@H]1C[C@@H]2CN(C(=O)COc2ccccc2)C1)c1ccccc1. The number of piperidine rings is 1. The van der Waals surface area contributed by atoms with Crippen molar-refractivity contribution in [1.82, 2.24) is 9.47 Å². The lowest BCUT2D eigenvalue weighted by Crippen LogP contribution is -2.50. The van der Waals surface area contributed by atoms with Crippen molar-refractivity contribution >= 4 is 17.5 Å². The van der Waals surface area contributed by atoms with Crippen LogP contribution >= 0.6 is 0 Å². The average Bonchev–Trinajstić information content (AvgIpc) is 2.85. The van der Waals surface area contributed by atoms with Crippen LogP contribution in [-0.2, 0) is 11.3 Å². The Kier molecular flexibility index (Phi) is 5.69. The van der Waals surface area contributed by atoms with Gasteiger partial charge in [0.05, 0.1) is 0 Å². The summed E-state index contributed by atoms with van der Waals surface area (Å²) < 4.78 is 7.40. The molecule has 33 heavy (non-hydrogen) atoms. The maximum Gasteiger partial charge on any atom is 0.274 e. The number of hydrogen-bond acceptors (Lipinski definition) is 4. The molecule has 1 fully saturated rings. The highest BCUT2D eigenvalue weighted by Gasteiger charge is 2.36. The molecule has 7 heteroatoms. The standard InChI is InChI=1S/C26H25N3O4/c30-24(17-33-21-9-5-2-6-10-21)28-14-18-13-20(16-28)23-12-11-22(26(32)29(23)15-18)27-25(31)19-7-3-1-4-8-19/h1-12,18,20H,13-17H2,(H,27,31)/t18-,20-/m1/s1. The highest BCUT2D eigenvalue weighted by molar-refractivity contribution is 6.04. The van der Waals surface area contributed by atoms with E-state index in [9.17, 15) is 14.4 Å². The van der Waals surface area contributed by atoms with Crippen molar-refractivity contribution in [3.05, 3.63) is 94.4 Å². The number of rotatable bonds is 5. The van der Waals surface area contributed by atoms with Gasteiger partial charge in [0.15, 0.2) is 6.61 Å². The molecular weight excluding hydrogens is 418 g/mol. The fourth-order valence-electron chi connectivity index (χ4n) is 4.78. The number of fused-ring (bicyclic) bond motifs is 4. The van der Waals surface area contributed by atoms with Gasteiger partial charge in [0.1, 0.15) is 11.4 Å². The molecule has 3 aromatic rings. The molecule has 1 aromatic heterocycles. The van der Waals surface area contributed by atoms with E-state index in [1.165, 1.54) is 0 Å². The summed E-state index contributed by atoms with van der Waals surface area (Å²) in [5.74, 6) is 0.597. The second-order valence-corrected chi connectivity index (χ2v) is 8.61. The Morgan fingerprint density at radius 1 is 0.909 bits per heavy atom. The second kappa shape index (κ2) is 8.94. The Morgan fingerprint density at radius 2 is 1.64 bits per heavy atom. The molecule has 3 heterocycles. The lowest BCUT2D eigenvalue weighted by Gasteiger charge is -2.42. The van der Waals surface area contributed by atoms with E-state index in [0.717, 1.165) is 12.1 Å². The average molecular weight is 444 g/mol. The molecule has 1 saturated heterocycles. The topological polar surface area (TPSA) is 80.6 Å². The van der Waals surface area contributed by atoms with Crippen molar-refractivity contribution in [1.29, 1.82) is 0 Å². The van der Waals surface area contributed by atoms with Gasteiger partial charge in [-0.2, -0.15) is 0 Å². The van der Waals surface area contributed by atoms with Gasteiger partial charge < -0.3 is 19.5 Å². The van der Waals surface area contributed by atoms with Gasteiger partial charge in [-0.25, -0.2) is 0 Å². The maximum atomic E-state index is 13.1. The number of aromatic nitrogens is 1. The molecular formula is C26H25N3O4. The van der Waals surface area contributed by atoms with Crippen LogP contribution in [0.2, 0.25) is 0 Å². The largest absolute Gasteiger partial charge is 0.484 e. The molecule has 2 aliphatic rings. The normalized spacial score (nSPS) is 18.8. The van der Waals surface area contributed by atoms with Crippen LogP contribution in [0.4, 0.5) is 5.69 Å². The number of anilines is 1. The second-order valence-electron chi connectivity index (χ2n) is 8.61. The molecule has 0 spiro atoms. The zero-order chi connectivity index (χ0) is 22.8. The summed E-state index contributed by atoms with van der Waals surface area (Å²) in [6, 6.07) is 21.7. The van der Waals surface area contributed by atoms with Crippen molar-refractivity contribution in [2.75, 3.05) is 25.0 Å². The maximum absolute atomic E-state index is 13.1. The van der Waals surface area contributed by atoms with E-state index >= 15 is 0 Å². The fourth-order valence-corrected chi connectivity index (χ4v) is 4.78. The van der Waals surface area contributed by atoms with Gasteiger partial charge in [-0.05, 0) is 48.7 Å². The molecule has 2 amide bonds. The lowest BCUT2D eigenvalue weighted by molar-refractivity contribution is -0.136. The predicted molar refractivity (Wildman–Crippen MR) is 124 cm³/mol. The van der Waals surface area contributed by atoms with Crippen molar-refractivity contribution in [2.24, 2.45) is 5.92 Å². The number of likely N-dealkylation sites (tertiary alicyclic amines) is 1. The number of ether oxygens (including phenoxy) is 1. The molecule has 0 saturated carbocycles. The van der Waals surface area contributed by atoms with Crippen LogP contribution in [0.1, 0.15) is 28.4 Å². The molecule has 7 nitrogen and oxygen atoms in total. The molecule has 5 rings (SSSR count). The molecule has 1 N–H and O–H groups in total. The summed E-state index contributed by atoms with van der Waals surface area (Å²) in [5, 5.41) is 2.75. The molecule has 0 aliphatic carbocycles. The first-order valence-corrected chi connectivity index (χ1v) is 11.1. The number of amides is 2. The Hall–Kier alpha value is -3.87. The number of benzene rings is 2. The van der Waals surface area contributed by atoms with Crippen LogP contribution < -0.4 is 15.6 Å². The van der Waals surface area contributed by atoms with Crippen LogP contribution in [-0.4, -0.2) is 41.0 Å². The van der Waals surface area contributed by atoms with Crippen molar-refractivity contribution < 1.29 is 14.3 Å². The van der Waals surface area contributed by atoms with Gasteiger partial charge >= 0.3 is 0 Å². The minimum absolute atomic E-state index is 0.000709. The first-order chi connectivity index (χ1) is 16.1. The Morgan fingerprint density at radius 3 is 2.39 bits per heavy atom. The van der Waals surface area contributed by atoms with Gasteiger partial charge in [-0.15, -0.1) is 0 Å². The van der Waals surface area contributed by atoms with E-state index in [1.54, 1.807) is 34.9 Å². The van der Waals surface area contributed by atoms with Crippen molar-refractivity contribution in [3.8, 4) is 5.75 Å². The van der Waals surface area contributed by atoms with Crippen LogP contribution in [0.5, 0.6) is 5.75 Å². The number of nitrogens with zero attached hydrogens (tertiary/aromatic N) is 2. The van der Waals surface area contributed by atoms with E-state index in [1.807, 2.05) is 47.4 Å². The van der Waals surface area contributed by atoms with Crippen molar-refractivity contribution in [3.63, 3.8) is 0 Å². The number of para-hydroxylation sites is 1. The molecule has 2 bridgehead atoms. The molecule has 2 aromatic carbocycles. The van der Waals surface area contributed by atoms with Crippen LogP contribution in [0.3, 0.4) is 0 Å². The molecule has 2 atom stereocenters. The van der Waals surface area contributed by atoms with Crippen LogP contribution in [0, 0.1) is 5.92 Å². The summed E-state index contributed by atoms with van der Waals surface area (Å²) in [6.45, 7) is 1.69. The Labute approximate surface area is 191 Å². The van der Waals surface area contributed by atoms with Gasteiger partial charge in [-0.3, -0.25) is 14.4 Å². The minimum atomic E-state index is -0.306. The van der Waals surface area contributed by atoms with Crippen molar-refractivity contribution in [2.45, 2.75) is 18.9 Å². The highest BCUT2D eigenvalue weighted by atomic mass is 16.5. The third kappa shape index (κ3) is 4.39. The molecule has 0 radical (unpaired) electrons. The van der Waals surface area contributed by atoms with Gasteiger partial charge in [0.25, 0.3) is 17.4 Å². The van der Waals surface area contributed by atoms with Gasteiger partial charge in [0.2, 0.25) is 0 Å². The Balaban J connectivity index is 1.29. The number of carbonyl (C=O) groups is 2. The van der Waals surface area contributed by atoms with Crippen LogP contribution in [0.25, 0.3) is 0 Å². The first-order valence-electron chi connectivity index (χ1n) is 11.1. The monoisotopic (exact) mass is 443 g/mol. The summed E-state index contributed by atoms with van der Waals surface area (Å²) in [6.07, 6.45) is 0.943. The zero-order valence-electron chi connectivity index (χ0n) is 18.1. The number of nitrogens with one attached hydrogen (secondary N) is 1. The molecule has 0 unspecified atom stereocenters. The molecule has 2 aliphatic heterocycles. The summed E-state index contributed by atoms with van der Waals surface area (Å²) in [7, 11) is 0. The van der Waals surface area contributed by atoms with E-state index in [0.29, 0.717) is 30.9 Å². The quantitative estimate of drug-likeness (QED) is 0.657. The van der Waals surface area contributed by atoms with Gasteiger partial charge in [0, 0.05) is 36.8 Å². The van der Waals surface area contributed by atoms with Gasteiger partial charge in [-0.1, -0.05) is 36.4 Å². The minimum Gasteiger partial charge on any atom is -0.484 e. The van der Waals surface area contributed by atoms with E-state index in [4.69, 9.17) is 4.74 Å². The fraction of sp³-hybridized carbons (Fsp3) is 0.269. The van der Waals surface area contributed by atoms with E-state index < -0.39 is 0 Å². The number of hydrogen-bond donors (Lipinski definition) is 1. The Bertz CT molecular complexity index is 1220. The third-order valence-electron chi connectivity index (χ3n) is 6.35. The lowest BCUT2D eigenvalue weighted by atomic mass is 9.83. The predicted octanol–water partition coefficient (Wildman–Crippen LogP) is 3.13. The number of pyridine rings is 1. The zero-order valence-corrected chi connectivity index (χ0v) is 18.1. The van der Waals surface area contributed by atoms with Crippen LogP contribution in [0.15, 0.2) is 77.6 Å². The summed E-state index contributed by atoms with van der Waals surface area (Å²) in [4.78, 5) is 40.3. The summed E-state index contributed by atoms with van der Waals surface area (Å²) >= 11 is 0. The van der Waals surface area contributed by atoms with E-state index in [2.05, 4.69) is 5.32 Å². The smallest absolute Gasteiger partial charge is 0.274 e.